The second kappa shape index (κ2) is 10.2. The Kier molecular flexibility index (Phi) is 7.26. The molecule has 0 radical (unpaired) electrons. The van der Waals surface area contributed by atoms with Gasteiger partial charge < -0.3 is 5.11 Å². The lowest BCUT2D eigenvalue weighted by Crippen LogP contribution is -2.19. The minimum Gasteiger partial charge on any atom is -0.382 e. The molecule has 2 heterocycles. The fraction of sp³-hybridized carbons (Fsp3) is 0.429. The van der Waals surface area contributed by atoms with Gasteiger partial charge >= 0.3 is 10.3 Å². The highest BCUT2D eigenvalue weighted by Gasteiger charge is 2.25. The van der Waals surface area contributed by atoms with Crippen LogP contribution in [0.1, 0.15) is 43.0 Å². The van der Waals surface area contributed by atoms with Crippen molar-refractivity contribution < 1.29 is 26.5 Å². The zero-order valence-corrected chi connectivity index (χ0v) is 18.9. The highest BCUT2D eigenvalue weighted by atomic mass is 32.2. The van der Waals surface area contributed by atoms with E-state index >= 15 is 0 Å². The third-order valence-corrected chi connectivity index (χ3v) is 5.99. The van der Waals surface area contributed by atoms with Crippen LogP contribution >= 0.6 is 0 Å². The molecule has 3 N–H and O–H groups in total. The summed E-state index contributed by atoms with van der Waals surface area (Å²) >= 11 is 0. The Bertz CT molecular complexity index is 1240. The highest BCUT2D eigenvalue weighted by Crippen LogP contribution is 2.31. The van der Waals surface area contributed by atoms with Gasteiger partial charge in [-0.25, -0.2) is 28.9 Å². The highest BCUT2D eigenvalue weighted by molar-refractivity contribution is 7.84. The second-order valence-corrected chi connectivity index (χ2v) is 9.48. The lowest BCUT2D eigenvalue weighted by atomic mass is 10.1. The summed E-state index contributed by atoms with van der Waals surface area (Å²) in [6.07, 6.45) is 6.03. The summed E-state index contributed by atoms with van der Waals surface area (Å²) < 4.78 is 55.2. The minimum absolute atomic E-state index is 0.0206. The standard InChI is InChI=1S/C21H24F2N6O4S/c22-15-5-14(6-16(23)8-15)10-29-4-3-19(28-29)20(30)18-9-25-12-26-21(18)27-17-2-1-13(7-17)11-33-34(24,31)32/h3-6,9,12-13,15,20,30H,1-2,7-8,10-11H2,(H2,24,31,32)/t13-,15?,20?/m1/s1. The van der Waals surface area contributed by atoms with E-state index in [1.165, 1.54) is 29.4 Å². The van der Waals surface area contributed by atoms with Gasteiger partial charge in [-0.15, -0.1) is 0 Å². The first-order valence-electron chi connectivity index (χ1n) is 10.6. The van der Waals surface area contributed by atoms with Gasteiger partial charge in [-0.3, -0.25) is 8.86 Å². The number of rotatable bonds is 8. The fourth-order valence-electron chi connectivity index (χ4n) is 3.95. The summed E-state index contributed by atoms with van der Waals surface area (Å²) in [6, 6.07) is 1.60. The minimum atomic E-state index is -4.00. The van der Waals surface area contributed by atoms with Crippen molar-refractivity contribution >= 4 is 21.8 Å². The maximum Gasteiger partial charge on any atom is 0.333 e. The van der Waals surface area contributed by atoms with Crippen LogP contribution in [0.3, 0.4) is 0 Å². The van der Waals surface area contributed by atoms with Crippen LogP contribution < -0.4 is 5.14 Å². The average molecular weight is 495 g/mol. The average Bonchev–Trinajstić information content (AvgIpc) is 3.40. The number of nitrogens with two attached hydrogens (primary N) is 1. The van der Waals surface area contributed by atoms with Crippen molar-refractivity contribution in [1.29, 1.82) is 0 Å². The topological polar surface area (TPSA) is 146 Å². The number of aromatic nitrogens is 4. The maximum absolute atomic E-state index is 13.6. The van der Waals surface area contributed by atoms with Gasteiger partial charge in [0.15, 0.2) is 5.82 Å². The summed E-state index contributed by atoms with van der Waals surface area (Å²) in [4.78, 5) is 12.7. The first-order chi connectivity index (χ1) is 16.2. The molecule has 2 aromatic heterocycles. The van der Waals surface area contributed by atoms with Gasteiger partial charge in [0, 0.05) is 30.1 Å². The van der Waals surface area contributed by atoms with Crippen LogP contribution in [0.15, 0.2) is 53.3 Å². The molecule has 0 amide bonds. The quantitative estimate of drug-likeness (QED) is 0.573. The van der Waals surface area contributed by atoms with Crippen LogP contribution in [0.25, 0.3) is 0 Å². The number of aliphatic imine (C=N–C) groups is 1. The van der Waals surface area contributed by atoms with Crippen LogP contribution in [0.2, 0.25) is 0 Å². The number of alkyl halides is 1. The molecular formula is C21H24F2N6O4S. The summed E-state index contributed by atoms with van der Waals surface area (Å²) in [7, 11) is -4.00. The number of allylic oxidation sites excluding steroid dienone is 4. The molecule has 2 aliphatic carbocycles. The lowest BCUT2D eigenvalue weighted by Gasteiger charge is -2.12. The molecule has 182 valence electrons. The molecule has 1 saturated carbocycles. The molecule has 0 aliphatic heterocycles. The molecule has 0 bridgehead atoms. The normalized spacial score (nSPS) is 23.1. The monoisotopic (exact) mass is 494 g/mol. The zero-order valence-electron chi connectivity index (χ0n) is 18.1. The molecule has 34 heavy (non-hydrogen) atoms. The van der Waals surface area contributed by atoms with Crippen LogP contribution in [0, 0.1) is 5.92 Å². The molecule has 2 unspecified atom stereocenters. The van der Waals surface area contributed by atoms with Crippen LogP contribution in [0.4, 0.5) is 14.6 Å². The molecule has 0 spiro atoms. The van der Waals surface area contributed by atoms with Crippen LogP contribution in [-0.2, 0) is 21.0 Å². The van der Waals surface area contributed by atoms with Crippen LogP contribution in [0.5, 0.6) is 0 Å². The van der Waals surface area contributed by atoms with E-state index in [9.17, 15) is 22.3 Å². The van der Waals surface area contributed by atoms with E-state index in [2.05, 4.69) is 24.2 Å². The molecule has 10 nitrogen and oxygen atoms in total. The number of halogens is 2. The zero-order chi connectivity index (χ0) is 24.3. The number of aliphatic hydroxyl groups is 1. The van der Waals surface area contributed by atoms with Gasteiger partial charge in [-0.1, -0.05) is 0 Å². The van der Waals surface area contributed by atoms with Gasteiger partial charge in [0.1, 0.15) is 24.4 Å². The first kappa shape index (κ1) is 24.3. The summed E-state index contributed by atoms with van der Waals surface area (Å²) in [5, 5.41) is 20.1. The van der Waals surface area contributed by atoms with Crippen LogP contribution in [-0.4, -0.2) is 51.8 Å². The van der Waals surface area contributed by atoms with Gasteiger partial charge in [0.05, 0.1) is 18.8 Å². The van der Waals surface area contributed by atoms with Crippen molar-refractivity contribution in [3.05, 3.63) is 59.6 Å². The summed E-state index contributed by atoms with van der Waals surface area (Å²) in [5.41, 5.74) is 1.90. The van der Waals surface area contributed by atoms with Crippen molar-refractivity contribution in [1.82, 2.24) is 19.7 Å². The number of hydrogen-bond acceptors (Lipinski definition) is 8. The molecule has 13 heteroatoms. The molecule has 4 rings (SSSR count). The van der Waals surface area contributed by atoms with E-state index in [0.29, 0.717) is 36.1 Å². The van der Waals surface area contributed by atoms with E-state index < -0.39 is 28.4 Å². The Morgan fingerprint density at radius 1 is 1.38 bits per heavy atom. The second-order valence-electron chi connectivity index (χ2n) is 8.26. The fourth-order valence-corrected chi connectivity index (χ4v) is 4.34. The third kappa shape index (κ3) is 6.38. The van der Waals surface area contributed by atoms with E-state index in [0.717, 1.165) is 5.71 Å². The molecule has 2 aliphatic rings. The van der Waals surface area contributed by atoms with Crippen molar-refractivity contribution in [2.75, 3.05) is 6.61 Å². The maximum atomic E-state index is 13.6. The number of nitrogens with zero attached hydrogens (tertiary/aromatic N) is 5. The van der Waals surface area contributed by atoms with Gasteiger partial charge in [0.2, 0.25) is 0 Å². The van der Waals surface area contributed by atoms with Crippen molar-refractivity contribution in [2.45, 2.75) is 44.5 Å². The van der Waals surface area contributed by atoms with E-state index in [-0.39, 0.29) is 31.3 Å². The van der Waals surface area contributed by atoms with E-state index in [4.69, 9.17) is 5.14 Å². The Morgan fingerprint density at radius 3 is 2.97 bits per heavy atom. The smallest absolute Gasteiger partial charge is 0.333 e. The number of aliphatic hydroxyl groups excluding tert-OH is 1. The Balaban J connectivity index is 1.46. The molecule has 3 atom stereocenters. The SMILES string of the molecule is NS(=O)(=O)OC[C@@H]1CCC(=Nc2ncncc2C(O)c2ccn(CC3=CC(F)CC(F)=C3)n2)C1. The summed E-state index contributed by atoms with van der Waals surface area (Å²) in [5.74, 6) is -0.284. The molecule has 0 aromatic carbocycles. The van der Waals surface area contributed by atoms with E-state index in [1.54, 1.807) is 12.3 Å². The van der Waals surface area contributed by atoms with Crippen molar-refractivity contribution in [3.63, 3.8) is 0 Å². The molecular weight excluding hydrogens is 470 g/mol. The predicted molar refractivity (Wildman–Crippen MR) is 119 cm³/mol. The molecule has 1 fully saturated rings. The van der Waals surface area contributed by atoms with Crippen molar-refractivity contribution in [2.24, 2.45) is 16.0 Å². The lowest BCUT2D eigenvalue weighted by molar-refractivity contribution is 0.214. The Morgan fingerprint density at radius 2 is 2.21 bits per heavy atom. The Labute approximate surface area is 195 Å². The first-order valence-corrected chi connectivity index (χ1v) is 12.1. The third-order valence-electron chi connectivity index (χ3n) is 5.52. The predicted octanol–water partition coefficient (Wildman–Crippen LogP) is 2.37. The summed E-state index contributed by atoms with van der Waals surface area (Å²) in [6.45, 7) is 0.135. The Hall–Kier alpha value is -2.87. The van der Waals surface area contributed by atoms with E-state index in [1.807, 2.05) is 0 Å². The molecule has 0 saturated heterocycles. The van der Waals surface area contributed by atoms with Crippen molar-refractivity contribution in [3.8, 4) is 0 Å². The van der Waals surface area contributed by atoms with Gasteiger partial charge in [-0.2, -0.15) is 13.5 Å². The van der Waals surface area contributed by atoms with Gasteiger partial charge in [0.25, 0.3) is 0 Å². The molecule has 2 aromatic rings. The largest absolute Gasteiger partial charge is 0.382 e. The van der Waals surface area contributed by atoms with Gasteiger partial charge in [-0.05, 0) is 49.0 Å². The number of hydrogen-bond donors (Lipinski definition) is 2.